The van der Waals surface area contributed by atoms with Crippen LogP contribution < -0.4 is 4.74 Å². The summed E-state index contributed by atoms with van der Waals surface area (Å²) in [5.74, 6) is 0.313. The van der Waals surface area contributed by atoms with E-state index >= 15 is 0 Å². The third kappa shape index (κ3) is 3.42. The minimum absolute atomic E-state index is 0.250. The summed E-state index contributed by atoms with van der Waals surface area (Å²) in [6, 6.07) is 25.8. The van der Waals surface area contributed by atoms with Crippen LogP contribution in [0.15, 0.2) is 83.3 Å². The highest BCUT2D eigenvalue weighted by molar-refractivity contribution is 9.10. The summed E-state index contributed by atoms with van der Waals surface area (Å²) in [6.07, 6.45) is 0.250. The van der Waals surface area contributed by atoms with Gasteiger partial charge in [-0.3, -0.25) is 4.79 Å². The number of benzene rings is 4. The lowest BCUT2D eigenvalue weighted by atomic mass is 10.0. The fourth-order valence-corrected chi connectivity index (χ4v) is 3.41. The maximum atomic E-state index is 12.4. The molecule has 4 aromatic rings. The highest BCUT2D eigenvalue weighted by Crippen LogP contribution is 2.25. The van der Waals surface area contributed by atoms with E-state index in [9.17, 15) is 4.79 Å². The van der Waals surface area contributed by atoms with Gasteiger partial charge in [0.15, 0.2) is 0 Å². The van der Waals surface area contributed by atoms with Crippen molar-refractivity contribution in [3.8, 4) is 5.75 Å². The quantitative estimate of drug-likeness (QED) is 0.321. The lowest BCUT2D eigenvalue weighted by molar-refractivity contribution is -0.133. The van der Waals surface area contributed by atoms with Gasteiger partial charge >= 0.3 is 5.97 Å². The van der Waals surface area contributed by atoms with Crippen molar-refractivity contribution in [2.75, 3.05) is 0 Å². The van der Waals surface area contributed by atoms with Crippen molar-refractivity contribution in [2.45, 2.75) is 6.42 Å². The molecule has 0 amide bonds. The molecule has 0 atom stereocenters. The molecular formula is C22H15BrO2. The molecule has 0 saturated carbocycles. The fraction of sp³-hybridized carbons (Fsp3) is 0.0455. The van der Waals surface area contributed by atoms with Gasteiger partial charge in [-0.25, -0.2) is 0 Å². The van der Waals surface area contributed by atoms with Crippen LogP contribution in [0.3, 0.4) is 0 Å². The van der Waals surface area contributed by atoms with Gasteiger partial charge < -0.3 is 4.74 Å². The van der Waals surface area contributed by atoms with Gasteiger partial charge in [0.05, 0.1) is 6.42 Å². The van der Waals surface area contributed by atoms with Crippen molar-refractivity contribution in [2.24, 2.45) is 0 Å². The summed E-state index contributed by atoms with van der Waals surface area (Å²) in [4.78, 5) is 12.4. The Morgan fingerprint density at radius 3 is 2.48 bits per heavy atom. The van der Waals surface area contributed by atoms with Gasteiger partial charge in [-0.1, -0.05) is 70.5 Å². The van der Waals surface area contributed by atoms with Crippen LogP contribution >= 0.6 is 15.9 Å². The highest BCUT2D eigenvalue weighted by atomic mass is 79.9. The van der Waals surface area contributed by atoms with Crippen molar-refractivity contribution in [1.82, 2.24) is 0 Å². The Labute approximate surface area is 154 Å². The summed E-state index contributed by atoms with van der Waals surface area (Å²) >= 11 is 3.46. The molecule has 0 heterocycles. The second-order valence-corrected chi connectivity index (χ2v) is 6.86. The number of ether oxygens (including phenoxy) is 1. The first-order chi connectivity index (χ1) is 12.2. The number of carbonyl (C=O) groups is 1. The van der Waals surface area contributed by atoms with Crippen LogP contribution in [0.2, 0.25) is 0 Å². The third-order valence-electron chi connectivity index (χ3n) is 4.22. The first-order valence-corrected chi connectivity index (χ1v) is 8.85. The Morgan fingerprint density at radius 1 is 0.800 bits per heavy atom. The predicted molar refractivity (Wildman–Crippen MR) is 105 cm³/mol. The summed E-state index contributed by atoms with van der Waals surface area (Å²) in [7, 11) is 0. The zero-order valence-corrected chi connectivity index (χ0v) is 15.0. The third-order valence-corrected chi connectivity index (χ3v) is 4.71. The molecule has 25 heavy (non-hydrogen) atoms. The molecule has 0 fully saturated rings. The molecule has 0 aromatic heterocycles. The van der Waals surface area contributed by atoms with Crippen LogP contribution in [0.25, 0.3) is 21.5 Å². The molecule has 4 rings (SSSR count). The normalized spacial score (nSPS) is 10.9. The highest BCUT2D eigenvalue weighted by Gasteiger charge is 2.10. The maximum Gasteiger partial charge on any atom is 0.315 e. The molecule has 0 radical (unpaired) electrons. The Balaban J connectivity index is 1.56. The number of halogens is 1. The van der Waals surface area contributed by atoms with Gasteiger partial charge in [-0.05, 0) is 51.4 Å². The topological polar surface area (TPSA) is 26.3 Å². The van der Waals surface area contributed by atoms with Gasteiger partial charge in [-0.2, -0.15) is 0 Å². The number of hydrogen-bond donors (Lipinski definition) is 0. The first kappa shape index (κ1) is 15.9. The Kier molecular flexibility index (Phi) is 4.24. The van der Waals surface area contributed by atoms with Crippen molar-refractivity contribution in [3.05, 3.63) is 88.9 Å². The maximum absolute atomic E-state index is 12.4. The van der Waals surface area contributed by atoms with Gasteiger partial charge in [-0.15, -0.1) is 0 Å². The molecule has 0 bridgehead atoms. The number of carbonyl (C=O) groups excluding carboxylic acids is 1. The molecule has 0 aliphatic carbocycles. The second kappa shape index (κ2) is 6.69. The van der Waals surface area contributed by atoms with Crippen molar-refractivity contribution in [3.63, 3.8) is 0 Å². The van der Waals surface area contributed by atoms with Crippen LogP contribution in [-0.2, 0) is 11.2 Å². The van der Waals surface area contributed by atoms with Crippen LogP contribution in [0, 0.1) is 0 Å². The van der Waals surface area contributed by atoms with Crippen LogP contribution in [-0.4, -0.2) is 5.97 Å². The predicted octanol–water partition coefficient (Wildman–Crippen LogP) is 5.90. The number of rotatable bonds is 3. The SMILES string of the molecule is O=C(Cc1cccc2ccccc12)Oc1ccc2cc(Br)ccc2c1. The summed E-state index contributed by atoms with van der Waals surface area (Å²) in [5, 5.41) is 4.36. The molecule has 0 saturated heterocycles. The van der Waals surface area contributed by atoms with Crippen LogP contribution in [0.1, 0.15) is 5.56 Å². The van der Waals surface area contributed by atoms with E-state index in [1.165, 1.54) is 0 Å². The Bertz CT molecular complexity index is 1080. The largest absolute Gasteiger partial charge is 0.426 e. The number of esters is 1. The monoisotopic (exact) mass is 390 g/mol. The van der Waals surface area contributed by atoms with E-state index in [1.807, 2.05) is 78.9 Å². The molecule has 0 spiro atoms. The van der Waals surface area contributed by atoms with E-state index in [2.05, 4.69) is 15.9 Å². The standard InChI is InChI=1S/C22H15BrO2/c23-19-10-8-17-13-20(11-9-16(17)12-19)25-22(24)14-18-6-3-5-15-4-1-2-7-21(15)18/h1-13H,14H2. The van der Waals surface area contributed by atoms with Crippen LogP contribution in [0.4, 0.5) is 0 Å². The van der Waals surface area contributed by atoms with Crippen molar-refractivity contribution < 1.29 is 9.53 Å². The summed E-state index contributed by atoms with van der Waals surface area (Å²) in [5.41, 5.74) is 0.979. The summed E-state index contributed by atoms with van der Waals surface area (Å²) in [6.45, 7) is 0. The first-order valence-electron chi connectivity index (χ1n) is 8.06. The van der Waals surface area contributed by atoms with Gasteiger partial charge in [0.1, 0.15) is 5.75 Å². The molecule has 2 nitrogen and oxygen atoms in total. The zero-order valence-electron chi connectivity index (χ0n) is 13.4. The minimum Gasteiger partial charge on any atom is -0.426 e. The molecule has 0 N–H and O–H groups in total. The van der Waals surface area contributed by atoms with E-state index in [0.29, 0.717) is 5.75 Å². The van der Waals surface area contributed by atoms with Gasteiger partial charge in [0.25, 0.3) is 0 Å². The average Bonchev–Trinajstić information content (AvgIpc) is 2.62. The molecule has 0 aliphatic heterocycles. The van der Waals surface area contributed by atoms with E-state index in [-0.39, 0.29) is 12.4 Å². The minimum atomic E-state index is -0.257. The number of hydrogen-bond acceptors (Lipinski definition) is 2. The van der Waals surface area contributed by atoms with E-state index in [4.69, 9.17) is 4.74 Å². The van der Waals surface area contributed by atoms with Gasteiger partial charge in [0.2, 0.25) is 0 Å². The van der Waals surface area contributed by atoms with E-state index in [1.54, 1.807) is 0 Å². The molecule has 0 aliphatic rings. The molecule has 122 valence electrons. The zero-order chi connectivity index (χ0) is 17.2. The molecule has 3 heteroatoms. The average molecular weight is 391 g/mol. The van der Waals surface area contributed by atoms with Crippen LogP contribution in [0.5, 0.6) is 5.75 Å². The van der Waals surface area contributed by atoms with Crippen molar-refractivity contribution >= 4 is 43.4 Å². The molecule has 0 unspecified atom stereocenters. The Hall–Kier alpha value is -2.65. The molecular weight excluding hydrogens is 376 g/mol. The second-order valence-electron chi connectivity index (χ2n) is 5.94. The van der Waals surface area contributed by atoms with Gasteiger partial charge in [0, 0.05) is 4.47 Å². The molecule has 4 aromatic carbocycles. The van der Waals surface area contributed by atoms with E-state index < -0.39 is 0 Å². The summed E-state index contributed by atoms with van der Waals surface area (Å²) < 4.78 is 6.58. The smallest absolute Gasteiger partial charge is 0.315 e. The lowest BCUT2D eigenvalue weighted by Crippen LogP contribution is -2.11. The lowest BCUT2D eigenvalue weighted by Gasteiger charge is -2.08. The number of fused-ring (bicyclic) bond motifs is 2. The van der Waals surface area contributed by atoms with Crippen molar-refractivity contribution in [1.29, 1.82) is 0 Å². The van der Waals surface area contributed by atoms with E-state index in [0.717, 1.165) is 31.6 Å². The fourth-order valence-electron chi connectivity index (χ4n) is 3.03. The Morgan fingerprint density at radius 2 is 1.56 bits per heavy atom.